The minimum atomic E-state index is -4.17. The highest BCUT2D eigenvalue weighted by Crippen LogP contribution is 2.23. The van der Waals surface area contributed by atoms with Gasteiger partial charge in [-0.3, -0.25) is 0 Å². The third-order valence-corrected chi connectivity index (χ3v) is 2.72. The first-order chi connectivity index (χ1) is 8.37. The molecule has 0 bridgehead atoms. The van der Waals surface area contributed by atoms with Crippen LogP contribution in [-0.2, 0) is 0 Å². The molecule has 0 unspecified atom stereocenters. The van der Waals surface area contributed by atoms with E-state index in [1.807, 2.05) is 6.92 Å². The number of imidazole rings is 1. The van der Waals surface area contributed by atoms with Crippen LogP contribution in [0, 0.1) is 6.92 Å². The van der Waals surface area contributed by atoms with Crippen molar-refractivity contribution in [3.63, 3.8) is 0 Å². The fourth-order valence-electron chi connectivity index (χ4n) is 1.52. The molecule has 8 heteroatoms. The van der Waals surface area contributed by atoms with Crippen LogP contribution in [0.15, 0.2) is 16.9 Å². The van der Waals surface area contributed by atoms with E-state index in [-0.39, 0.29) is 6.54 Å². The maximum atomic E-state index is 12.1. The van der Waals surface area contributed by atoms with Crippen molar-refractivity contribution in [3.8, 4) is 0 Å². The minimum Gasteiger partial charge on any atom is -0.382 e. The average Bonchev–Trinajstić information content (AvgIpc) is 2.59. The molecular weight excluding hydrogens is 313 g/mol. The van der Waals surface area contributed by atoms with Gasteiger partial charge in [-0.2, -0.15) is 18.3 Å². The number of anilines is 1. The van der Waals surface area contributed by atoms with Crippen LogP contribution in [-0.4, -0.2) is 27.3 Å². The smallest absolute Gasteiger partial charge is 0.382 e. The van der Waals surface area contributed by atoms with E-state index in [1.54, 1.807) is 16.8 Å². The van der Waals surface area contributed by atoms with Crippen molar-refractivity contribution in [3.05, 3.63) is 22.6 Å². The van der Waals surface area contributed by atoms with Gasteiger partial charge < -0.3 is 5.32 Å². The maximum Gasteiger partial charge on any atom is 0.390 e. The van der Waals surface area contributed by atoms with Crippen molar-refractivity contribution in [1.82, 2.24) is 14.6 Å². The van der Waals surface area contributed by atoms with E-state index in [2.05, 4.69) is 31.3 Å². The van der Waals surface area contributed by atoms with Gasteiger partial charge in [0.25, 0.3) is 0 Å². The molecule has 2 heterocycles. The lowest BCUT2D eigenvalue weighted by atomic mass is 10.4. The van der Waals surface area contributed by atoms with E-state index in [0.29, 0.717) is 15.9 Å². The Morgan fingerprint density at radius 2 is 2.17 bits per heavy atom. The molecule has 0 amide bonds. The molecule has 0 aliphatic heterocycles. The van der Waals surface area contributed by atoms with Gasteiger partial charge in [-0.25, -0.2) is 9.50 Å². The Hall–Kier alpha value is -1.31. The van der Waals surface area contributed by atoms with E-state index in [0.717, 1.165) is 5.69 Å². The molecule has 0 aliphatic carbocycles. The Morgan fingerprint density at radius 3 is 2.83 bits per heavy atom. The first kappa shape index (κ1) is 13.1. The van der Waals surface area contributed by atoms with Gasteiger partial charge in [0.1, 0.15) is 4.60 Å². The molecule has 2 aromatic heterocycles. The Balaban J connectivity index is 2.22. The maximum absolute atomic E-state index is 12.1. The lowest BCUT2D eigenvalue weighted by Gasteiger charge is -2.10. The van der Waals surface area contributed by atoms with Gasteiger partial charge in [0.2, 0.25) is 0 Å². The number of aryl methyl sites for hydroxylation is 1. The van der Waals surface area contributed by atoms with Crippen LogP contribution < -0.4 is 5.32 Å². The summed E-state index contributed by atoms with van der Waals surface area (Å²) in [6.07, 6.45) is -3.44. The molecule has 0 atom stereocenters. The van der Waals surface area contributed by atoms with Gasteiger partial charge in [-0.05, 0) is 28.9 Å². The molecule has 1 N–H and O–H groups in total. The first-order valence-corrected chi connectivity index (χ1v) is 5.97. The molecular formula is C10H10BrF3N4. The monoisotopic (exact) mass is 322 g/mol. The van der Waals surface area contributed by atoms with E-state index < -0.39 is 12.6 Å². The number of alkyl halides is 3. The van der Waals surface area contributed by atoms with Crippen molar-refractivity contribution < 1.29 is 13.2 Å². The quantitative estimate of drug-likeness (QED) is 0.943. The van der Waals surface area contributed by atoms with Crippen molar-refractivity contribution in [1.29, 1.82) is 0 Å². The normalized spacial score (nSPS) is 12.1. The molecule has 18 heavy (non-hydrogen) atoms. The molecule has 0 aliphatic rings. The summed E-state index contributed by atoms with van der Waals surface area (Å²) in [7, 11) is 0. The van der Waals surface area contributed by atoms with Gasteiger partial charge in [-0.1, -0.05) is 0 Å². The van der Waals surface area contributed by atoms with Crippen molar-refractivity contribution >= 4 is 27.3 Å². The number of rotatable bonds is 3. The number of hydrogen-bond acceptors (Lipinski definition) is 3. The Bertz CT molecular complexity index is 564. The molecule has 4 nitrogen and oxygen atoms in total. The number of halogens is 4. The highest BCUT2D eigenvalue weighted by molar-refractivity contribution is 9.10. The summed E-state index contributed by atoms with van der Waals surface area (Å²) in [6, 6.07) is 1.61. The number of nitrogens with zero attached hydrogens (tertiary/aromatic N) is 3. The number of nitrogens with one attached hydrogen (secondary N) is 1. The Morgan fingerprint density at radius 1 is 1.44 bits per heavy atom. The predicted molar refractivity (Wildman–Crippen MR) is 64.6 cm³/mol. The van der Waals surface area contributed by atoms with E-state index >= 15 is 0 Å². The minimum absolute atomic E-state index is 0.193. The standard InChI is InChI=1S/C10H10BrF3N4/c1-6-5-16-9-7(4-8(11)17-18(6)9)15-3-2-10(12,13)14/h4-5,15H,2-3H2,1H3. The zero-order chi connectivity index (χ0) is 13.3. The number of aromatic nitrogens is 3. The molecule has 98 valence electrons. The van der Waals surface area contributed by atoms with Crippen molar-refractivity contribution in [2.24, 2.45) is 0 Å². The van der Waals surface area contributed by atoms with Crippen LogP contribution in [0.2, 0.25) is 0 Å². The highest BCUT2D eigenvalue weighted by atomic mass is 79.9. The summed E-state index contributed by atoms with van der Waals surface area (Å²) in [5, 5.41) is 6.89. The summed E-state index contributed by atoms with van der Waals surface area (Å²) in [5.74, 6) is 0. The van der Waals surface area contributed by atoms with Crippen LogP contribution in [0.3, 0.4) is 0 Å². The van der Waals surface area contributed by atoms with E-state index in [1.165, 1.54) is 0 Å². The highest BCUT2D eigenvalue weighted by Gasteiger charge is 2.26. The van der Waals surface area contributed by atoms with Crippen LogP contribution in [0.4, 0.5) is 18.9 Å². The predicted octanol–water partition coefficient (Wildman–Crippen LogP) is 3.16. The summed E-state index contributed by atoms with van der Waals surface area (Å²) in [6.45, 7) is 1.63. The molecule has 0 fully saturated rings. The molecule has 0 saturated carbocycles. The summed E-state index contributed by atoms with van der Waals surface area (Å²) < 4.78 is 38.3. The lowest BCUT2D eigenvalue weighted by Crippen LogP contribution is -2.15. The van der Waals surface area contributed by atoms with Gasteiger partial charge in [0, 0.05) is 6.54 Å². The molecule has 0 saturated heterocycles. The third kappa shape index (κ3) is 2.92. The van der Waals surface area contributed by atoms with E-state index in [4.69, 9.17) is 0 Å². The van der Waals surface area contributed by atoms with Gasteiger partial charge in [-0.15, -0.1) is 0 Å². The summed E-state index contributed by atoms with van der Waals surface area (Å²) >= 11 is 3.21. The lowest BCUT2D eigenvalue weighted by molar-refractivity contribution is -0.131. The topological polar surface area (TPSA) is 42.2 Å². The van der Waals surface area contributed by atoms with Gasteiger partial charge >= 0.3 is 6.18 Å². The molecule has 0 aromatic carbocycles. The van der Waals surface area contributed by atoms with E-state index in [9.17, 15) is 13.2 Å². The van der Waals surface area contributed by atoms with Crippen LogP contribution in [0.5, 0.6) is 0 Å². The fraction of sp³-hybridized carbons (Fsp3) is 0.400. The SMILES string of the molecule is Cc1cnc2c(NCCC(F)(F)F)cc(Br)nn12. The first-order valence-electron chi connectivity index (χ1n) is 5.18. The van der Waals surface area contributed by atoms with Crippen LogP contribution >= 0.6 is 15.9 Å². The number of hydrogen-bond donors (Lipinski definition) is 1. The van der Waals surface area contributed by atoms with Crippen molar-refractivity contribution in [2.45, 2.75) is 19.5 Å². The number of fused-ring (bicyclic) bond motifs is 1. The van der Waals surface area contributed by atoms with Gasteiger partial charge in [0.15, 0.2) is 5.65 Å². The molecule has 0 radical (unpaired) electrons. The summed E-state index contributed by atoms with van der Waals surface area (Å²) in [5.41, 5.74) is 1.84. The largest absolute Gasteiger partial charge is 0.390 e. The molecule has 2 aromatic rings. The summed E-state index contributed by atoms with van der Waals surface area (Å²) in [4.78, 5) is 4.11. The third-order valence-electron chi connectivity index (χ3n) is 2.33. The van der Waals surface area contributed by atoms with Crippen LogP contribution in [0.25, 0.3) is 5.65 Å². The Kier molecular flexibility index (Phi) is 3.47. The zero-order valence-electron chi connectivity index (χ0n) is 9.42. The second kappa shape index (κ2) is 4.75. The van der Waals surface area contributed by atoms with Crippen LogP contribution in [0.1, 0.15) is 12.1 Å². The van der Waals surface area contributed by atoms with Crippen molar-refractivity contribution in [2.75, 3.05) is 11.9 Å². The molecule has 2 rings (SSSR count). The molecule has 0 spiro atoms. The second-order valence-electron chi connectivity index (χ2n) is 3.81. The van der Waals surface area contributed by atoms with Gasteiger partial charge in [0.05, 0.1) is 24.0 Å². The second-order valence-corrected chi connectivity index (χ2v) is 4.62. The average molecular weight is 323 g/mol. The fourth-order valence-corrected chi connectivity index (χ4v) is 1.91. The Labute approximate surface area is 109 Å². The zero-order valence-corrected chi connectivity index (χ0v) is 11.0.